The van der Waals surface area contributed by atoms with E-state index >= 15 is 0 Å². The maximum Gasteiger partial charge on any atom is 0.251 e. The molecule has 1 amide bonds. The third kappa shape index (κ3) is 2.81. The Hall–Kier alpha value is -2.37. The predicted molar refractivity (Wildman–Crippen MR) is 63.5 cm³/mol. The van der Waals surface area contributed by atoms with Gasteiger partial charge in [-0.25, -0.2) is 4.98 Å². The molecular formula is C11H13N5O. The quantitative estimate of drug-likeness (QED) is 0.726. The summed E-state index contributed by atoms with van der Waals surface area (Å²) in [6.07, 6.45) is 1.41. The van der Waals surface area contributed by atoms with Crippen LogP contribution in [0.1, 0.15) is 16.2 Å². The zero-order valence-electron chi connectivity index (χ0n) is 9.40. The molecule has 1 heterocycles. The van der Waals surface area contributed by atoms with Crippen LogP contribution in [0.2, 0.25) is 0 Å². The van der Waals surface area contributed by atoms with Gasteiger partial charge in [0, 0.05) is 18.3 Å². The number of H-pyrrole nitrogens is 1. The fourth-order valence-corrected chi connectivity index (χ4v) is 1.37. The van der Waals surface area contributed by atoms with Gasteiger partial charge in [-0.1, -0.05) is 0 Å². The fourth-order valence-electron chi connectivity index (χ4n) is 1.37. The summed E-state index contributed by atoms with van der Waals surface area (Å²) >= 11 is 0. The second-order valence-corrected chi connectivity index (χ2v) is 3.44. The second kappa shape index (κ2) is 5.11. The number of benzene rings is 1. The summed E-state index contributed by atoms with van der Waals surface area (Å²) in [6.45, 7) is 0.340. The highest BCUT2D eigenvalue weighted by atomic mass is 16.1. The molecule has 1 aromatic heterocycles. The standard InChI is InChI=1S/C11H13N5O/c1-12-9-4-2-8(3-5-9)11(17)13-6-10-14-7-15-16-10/h2-5,7,12H,6H2,1H3,(H,13,17)(H,14,15,16). The number of nitrogens with one attached hydrogen (secondary N) is 3. The van der Waals surface area contributed by atoms with E-state index in [1.165, 1.54) is 6.33 Å². The molecule has 0 atom stereocenters. The Morgan fingerprint density at radius 1 is 1.35 bits per heavy atom. The molecule has 1 aromatic carbocycles. The van der Waals surface area contributed by atoms with Gasteiger partial charge in [0.15, 0.2) is 0 Å². The number of anilines is 1. The lowest BCUT2D eigenvalue weighted by molar-refractivity contribution is 0.0950. The van der Waals surface area contributed by atoms with E-state index in [2.05, 4.69) is 25.8 Å². The average Bonchev–Trinajstić information content (AvgIpc) is 2.89. The van der Waals surface area contributed by atoms with Crippen LogP contribution in [-0.2, 0) is 6.54 Å². The molecule has 0 spiro atoms. The lowest BCUT2D eigenvalue weighted by atomic mass is 10.2. The van der Waals surface area contributed by atoms with E-state index in [4.69, 9.17) is 0 Å². The molecule has 0 aliphatic rings. The van der Waals surface area contributed by atoms with Gasteiger partial charge in [-0.3, -0.25) is 9.89 Å². The molecule has 6 heteroatoms. The summed E-state index contributed by atoms with van der Waals surface area (Å²) in [5, 5.41) is 12.1. The van der Waals surface area contributed by atoms with Gasteiger partial charge in [0.1, 0.15) is 12.2 Å². The highest BCUT2D eigenvalue weighted by Gasteiger charge is 2.05. The van der Waals surface area contributed by atoms with E-state index in [0.717, 1.165) is 5.69 Å². The molecule has 88 valence electrons. The minimum Gasteiger partial charge on any atom is -0.388 e. The van der Waals surface area contributed by atoms with Crippen molar-refractivity contribution in [3.8, 4) is 0 Å². The van der Waals surface area contributed by atoms with Crippen LogP contribution >= 0.6 is 0 Å². The van der Waals surface area contributed by atoms with Crippen molar-refractivity contribution in [2.45, 2.75) is 6.54 Å². The van der Waals surface area contributed by atoms with Gasteiger partial charge in [0.05, 0.1) is 6.54 Å². The largest absolute Gasteiger partial charge is 0.388 e. The summed E-state index contributed by atoms with van der Waals surface area (Å²) < 4.78 is 0. The van der Waals surface area contributed by atoms with Gasteiger partial charge in [0.2, 0.25) is 0 Å². The van der Waals surface area contributed by atoms with Crippen molar-refractivity contribution in [2.24, 2.45) is 0 Å². The van der Waals surface area contributed by atoms with E-state index in [1.807, 2.05) is 19.2 Å². The number of carbonyl (C=O) groups excluding carboxylic acids is 1. The number of aromatic amines is 1. The Labute approximate surface area is 98.5 Å². The molecule has 0 saturated carbocycles. The van der Waals surface area contributed by atoms with Crippen LogP contribution in [0.5, 0.6) is 0 Å². The molecule has 0 aliphatic heterocycles. The van der Waals surface area contributed by atoms with Gasteiger partial charge < -0.3 is 10.6 Å². The van der Waals surface area contributed by atoms with E-state index in [1.54, 1.807) is 12.1 Å². The van der Waals surface area contributed by atoms with Crippen molar-refractivity contribution in [2.75, 3.05) is 12.4 Å². The first-order valence-corrected chi connectivity index (χ1v) is 5.20. The molecule has 2 rings (SSSR count). The topological polar surface area (TPSA) is 82.7 Å². The van der Waals surface area contributed by atoms with Gasteiger partial charge in [0.25, 0.3) is 5.91 Å². The van der Waals surface area contributed by atoms with Crippen LogP contribution < -0.4 is 10.6 Å². The van der Waals surface area contributed by atoms with Crippen LogP contribution in [0.4, 0.5) is 5.69 Å². The number of aromatic nitrogens is 3. The summed E-state index contributed by atoms with van der Waals surface area (Å²) in [7, 11) is 1.83. The number of amides is 1. The highest BCUT2D eigenvalue weighted by molar-refractivity contribution is 5.94. The molecule has 0 saturated heterocycles. The maximum absolute atomic E-state index is 11.7. The fraction of sp³-hybridized carbons (Fsp3) is 0.182. The number of rotatable bonds is 4. The maximum atomic E-state index is 11.7. The number of hydrogen-bond donors (Lipinski definition) is 3. The molecule has 0 bridgehead atoms. The molecule has 0 fully saturated rings. The summed E-state index contributed by atoms with van der Waals surface area (Å²) in [5.74, 6) is 0.495. The molecular weight excluding hydrogens is 218 g/mol. The van der Waals surface area contributed by atoms with Crippen molar-refractivity contribution in [1.82, 2.24) is 20.5 Å². The van der Waals surface area contributed by atoms with Crippen molar-refractivity contribution >= 4 is 11.6 Å². The molecule has 0 radical (unpaired) electrons. The highest BCUT2D eigenvalue weighted by Crippen LogP contribution is 2.08. The number of nitrogens with zero attached hydrogens (tertiary/aromatic N) is 2. The van der Waals surface area contributed by atoms with E-state index in [0.29, 0.717) is 17.9 Å². The van der Waals surface area contributed by atoms with Gasteiger partial charge in [-0.05, 0) is 24.3 Å². The van der Waals surface area contributed by atoms with Gasteiger partial charge in [-0.2, -0.15) is 5.10 Å². The summed E-state index contributed by atoms with van der Waals surface area (Å²) in [6, 6.07) is 7.23. The van der Waals surface area contributed by atoms with E-state index < -0.39 is 0 Å². The van der Waals surface area contributed by atoms with Crippen molar-refractivity contribution in [1.29, 1.82) is 0 Å². The normalized spacial score (nSPS) is 9.94. The summed E-state index contributed by atoms with van der Waals surface area (Å²) in [4.78, 5) is 15.7. The van der Waals surface area contributed by atoms with Crippen molar-refractivity contribution in [3.05, 3.63) is 42.0 Å². The van der Waals surface area contributed by atoms with E-state index in [-0.39, 0.29) is 5.91 Å². The third-order valence-electron chi connectivity index (χ3n) is 2.32. The number of carbonyl (C=O) groups is 1. The van der Waals surface area contributed by atoms with Crippen LogP contribution in [0.15, 0.2) is 30.6 Å². The first-order valence-electron chi connectivity index (χ1n) is 5.20. The first kappa shape index (κ1) is 11.1. The Morgan fingerprint density at radius 3 is 2.71 bits per heavy atom. The Morgan fingerprint density at radius 2 is 2.12 bits per heavy atom. The zero-order chi connectivity index (χ0) is 12.1. The molecule has 0 aliphatic carbocycles. The number of hydrogen-bond acceptors (Lipinski definition) is 4. The molecule has 0 unspecified atom stereocenters. The monoisotopic (exact) mass is 231 g/mol. The molecule has 17 heavy (non-hydrogen) atoms. The second-order valence-electron chi connectivity index (χ2n) is 3.44. The lowest BCUT2D eigenvalue weighted by Crippen LogP contribution is -2.23. The molecule has 3 N–H and O–H groups in total. The smallest absolute Gasteiger partial charge is 0.251 e. The Balaban J connectivity index is 1.95. The zero-order valence-corrected chi connectivity index (χ0v) is 9.40. The van der Waals surface area contributed by atoms with Crippen LogP contribution in [0, 0.1) is 0 Å². The molecule has 6 nitrogen and oxygen atoms in total. The lowest BCUT2D eigenvalue weighted by Gasteiger charge is -2.04. The van der Waals surface area contributed by atoms with Crippen LogP contribution in [-0.4, -0.2) is 28.1 Å². The van der Waals surface area contributed by atoms with Crippen LogP contribution in [0.25, 0.3) is 0 Å². The Bertz CT molecular complexity index is 477. The predicted octanol–water partition coefficient (Wildman–Crippen LogP) is 0.776. The van der Waals surface area contributed by atoms with Crippen molar-refractivity contribution < 1.29 is 4.79 Å². The SMILES string of the molecule is CNc1ccc(C(=O)NCc2ncn[nH]2)cc1. The third-order valence-corrected chi connectivity index (χ3v) is 2.32. The minimum absolute atomic E-state index is 0.135. The average molecular weight is 231 g/mol. The van der Waals surface area contributed by atoms with E-state index in [9.17, 15) is 4.79 Å². The van der Waals surface area contributed by atoms with Crippen LogP contribution in [0.3, 0.4) is 0 Å². The molecule has 2 aromatic rings. The van der Waals surface area contributed by atoms with Crippen molar-refractivity contribution in [3.63, 3.8) is 0 Å². The summed E-state index contributed by atoms with van der Waals surface area (Å²) in [5.41, 5.74) is 1.58. The van der Waals surface area contributed by atoms with Gasteiger partial charge >= 0.3 is 0 Å². The Kier molecular flexibility index (Phi) is 3.34. The first-order chi connectivity index (χ1) is 8.29. The van der Waals surface area contributed by atoms with Gasteiger partial charge in [-0.15, -0.1) is 0 Å². The minimum atomic E-state index is -0.135.